The van der Waals surface area contributed by atoms with E-state index in [2.05, 4.69) is 0 Å². The quantitative estimate of drug-likeness (QED) is 0.515. The molecule has 4 N–H and O–H groups in total. The zero-order valence-corrected chi connectivity index (χ0v) is 16.3. The molecular formula is C21H32F3NO3. The molecule has 2 rings (SSSR count). The van der Waals surface area contributed by atoms with Gasteiger partial charge in [0.2, 0.25) is 0 Å². The number of aliphatic hydroxyl groups is 2. The minimum Gasteiger partial charge on any atom is -0.493 e. The summed E-state index contributed by atoms with van der Waals surface area (Å²) in [5, 5.41) is 18.4. The predicted molar refractivity (Wildman–Crippen MR) is 102 cm³/mol. The second kappa shape index (κ2) is 10.5. The molecule has 28 heavy (non-hydrogen) atoms. The first-order chi connectivity index (χ1) is 13.3. The molecule has 4 nitrogen and oxygen atoms in total. The van der Waals surface area contributed by atoms with E-state index < -0.39 is 30.5 Å². The lowest BCUT2D eigenvalue weighted by molar-refractivity contribution is -0.139. The number of halogens is 3. The Labute approximate surface area is 164 Å². The van der Waals surface area contributed by atoms with E-state index in [0.29, 0.717) is 11.5 Å². The molecule has 0 bridgehead atoms. The molecule has 0 aromatic heterocycles. The smallest absolute Gasteiger partial charge is 0.419 e. The summed E-state index contributed by atoms with van der Waals surface area (Å²) in [6.07, 6.45) is 3.87. The third-order valence-electron chi connectivity index (χ3n) is 5.63. The van der Waals surface area contributed by atoms with E-state index >= 15 is 0 Å². The van der Waals surface area contributed by atoms with Gasteiger partial charge in [0.15, 0.2) is 0 Å². The standard InChI is InChI=1S/C21H32F3NO3/c22-21(23,24)18-13-17(10-11-20(25,14-26)15-27)8-9-19(18)28-12-4-7-16-5-2-1-3-6-16/h8-9,13,16,26-27H,1-7,10-12,14-15,25H2. The lowest BCUT2D eigenvalue weighted by Gasteiger charge is -2.24. The molecule has 0 amide bonds. The summed E-state index contributed by atoms with van der Waals surface area (Å²) in [6.45, 7) is -0.588. The molecule has 1 aromatic carbocycles. The van der Waals surface area contributed by atoms with Crippen molar-refractivity contribution in [2.75, 3.05) is 19.8 Å². The molecular weight excluding hydrogens is 371 g/mol. The summed E-state index contributed by atoms with van der Waals surface area (Å²) in [7, 11) is 0. The van der Waals surface area contributed by atoms with Gasteiger partial charge in [-0.25, -0.2) is 0 Å². The lowest BCUT2D eigenvalue weighted by Crippen LogP contribution is -2.47. The van der Waals surface area contributed by atoms with Crippen LogP contribution >= 0.6 is 0 Å². The van der Waals surface area contributed by atoms with Crippen molar-refractivity contribution in [1.82, 2.24) is 0 Å². The number of aliphatic hydroxyl groups excluding tert-OH is 2. The van der Waals surface area contributed by atoms with Gasteiger partial charge in [-0.15, -0.1) is 0 Å². The number of alkyl halides is 3. The van der Waals surface area contributed by atoms with E-state index in [1.807, 2.05) is 0 Å². The predicted octanol–water partition coefficient (Wildman–Crippen LogP) is 4.06. The van der Waals surface area contributed by atoms with Crippen LogP contribution in [0.4, 0.5) is 13.2 Å². The molecule has 0 aliphatic heterocycles. The summed E-state index contributed by atoms with van der Waals surface area (Å²) < 4.78 is 45.8. The van der Waals surface area contributed by atoms with Crippen LogP contribution in [-0.4, -0.2) is 35.6 Å². The maximum absolute atomic E-state index is 13.5. The van der Waals surface area contributed by atoms with Crippen molar-refractivity contribution in [3.8, 4) is 5.75 Å². The summed E-state index contributed by atoms with van der Waals surface area (Å²) >= 11 is 0. The number of hydrogen-bond acceptors (Lipinski definition) is 4. The van der Waals surface area contributed by atoms with Crippen LogP contribution in [0.5, 0.6) is 5.75 Å². The largest absolute Gasteiger partial charge is 0.493 e. The topological polar surface area (TPSA) is 75.7 Å². The molecule has 1 aliphatic carbocycles. The molecule has 1 aliphatic rings. The Morgan fingerprint density at radius 3 is 2.36 bits per heavy atom. The van der Waals surface area contributed by atoms with Gasteiger partial charge in [-0.05, 0) is 49.3 Å². The van der Waals surface area contributed by atoms with Crippen molar-refractivity contribution < 1.29 is 28.1 Å². The fourth-order valence-electron chi connectivity index (χ4n) is 3.71. The molecule has 0 saturated heterocycles. The molecule has 0 unspecified atom stereocenters. The van der Waals surface area contributed by atoms with E-state index in [-0.39, 0.29) is 25.2 Å². The Morgan fingerprint density at radius 1 is 1.07 bits per heavy atom. The van der Waals surface area contributed by atoms with Crippen LogP contribution in [0.1, 0.15) is 62.5 Å². The fourth-order valence-corrected chi connectivity index (χ4v) is 3.71. The zero-order chi connectivity index (χ0) is 20.6. The molecule has 0 heterocycles. The molecule has 0 radical (unpaired) electrons. The second-order valence-electron chi connectivity index (χ2n) is 8.00. The zero-order valence-electron chi connectivity index (χ0n) is 16.3. The third-order valence-corrected chi connectivity index (χ3v) is 5.63. The SMILES string of the molecule is NC(CO)(CO)CCc1ccc(OCCCC2CCCCC2)c(C(F)(F)F)c1. The van der Waals surface area contributed by atoms with Gasteiger partial charge in [0.25, 0.3) is 0 Å². The number of hydrogen-bond donors (Lipinski definition) is 3. The first kappa shape index (κ1) is 23.0. The van der Waals surface area contributed by atoms with E-state index in [9.17, 15) is 23.4 Å². The van der Waals surface area contributed by atoms with Gasteiger partial charge >= 0.3 is 6.18 Å². The summed E-state index contributed by atoms with van der Waals surface area (Å²) in [5.74, 6) is 0.527. The first-order valence-electron chi connectivity index (χ1n) is 10.1. The van der Waals surface area contributed by atoms with Crippen molar-refractivity contribution in [1.29, 1.82) is 0 Å². The molecule has 1 aromatic rings. The Kier molecular flexibility index (Phi) is 8.58. The molecule has 1 fully saturated rings. The van der Waals surface area contributed by atoms with Crippen molar-refractivity contribution in [3.63, 3.8) is 0 Å². The van der Waals surface area contributed by atoms with Gasteiger partial charge < -0.3 is 20.7 Å². The van der Waals surface area contributed by atoms with E-state index in [1.54, 1.807) is 6.07 Å². The van der Waals surface area contributed by atoms with Crippen LogP contribution in [0.2, 0.25) is 0 Å². The molecule has 7 heteroatoms. The van der Waals surface area contributed by atoms with Gasteiger partial charge in [0.1, 0.15) is 5.75 Å². The van der Waals surface area contributed by atoms with Crippen LogP contribution in [0, 0.1) is 5.92 Å². The van der Waals surface area contributed by atoms with Crippen LogP contribution in [-0.2, 0) is 12.6 Å². The van der Waals surface area contributed by atoms with Gasteiger partial charge in [-0.1, -0.05) is 38.2 Å². The minimum absolute atomic E-state index is 0.150. The summed E-state index contributed by atoms with van der Waals surface area (Å²) in [5.41, 5.74) is 4.24. The molecule has 0 atom stereocenters. The Balaban J connectivity index is 1.95. The van der Waals surface area contributed by atoms with Gasteiger partial charge in [0.05, 0.1) is 30.9 Å². The van der Waals surface area contributed by atoms with E-state index in [1.165, 1.54) is 38.2 Å². The molecule has 0 spiro atoms. The number of ether oxygens (including phenoxy) is 1. The number of rotatable bonds is 10. The van der Waals surface area contributed by atoms with Crippen molar-refractivity contribution in [2.45, 2.75) is 69.5 Å². The highest BCUT2D eigenvalue weighted by atomic mass is 19.4. The van der Waals surface area contributed by atoms with Gasteiger partial charge in [0, 0.05) is 0 Å². The van der Waals surface area contributed by atoms with E-state index in [0.717, 1.165) is 18.9 Å². The summed E-state index contributed by atoms with van der Waals surface area (Å²) in [6, 6.07) is 4.02. The molecule has 1 saturated carbocycles. The maximum atomic E-state index is 13.5. The Morgan fingerprint density at radius 2 is 1.75 bits per heavy atom. The van der Waals surface area contributed by atoms with Crippen LogP contribution in [0.3, 0.4) is 0 Å². The Hall–Kier alpha value is -1.31. The average molecular weight is 403 g/mol. The van der Waals surface area contributed by atoms with E-state index in [4.69, 9.17) is 10.5 Å². The number of benzene rings is 1. The molecule has 160 valence electrons. The van der Waals surface area contributed by atoms with Gasteiger partial charge in [-0.3, -0.25) is 0 Å². The van der Waals surface area contributed by atoms with Crippen molar-refractivity contribution in [3.05, 3.63) is 29.3 Å². The highest BCUT2D eigenvalue weighted by Crippen LogP contribution is 2.37. The monoisotopic (exact) mass is 403 g/mol. The fraction of sp³-hybridized carbons (Fsp3) is 0.714. The highest BCUT2D eigenvalue weighted by molar-refractivity contribution is 5.39. The van der Waals surface area contributed by atoms with Crippen LogP contribution in [0.25, 0.3) is 0 Å². The number of nitrogens with two attached hydrogens (primary N) is 1. The van der Waals surface area contributed by atoms with Crippen LogP contribution < -0.4 is 10.5 Å². The first-order valence-corrected chi connectivity index (χ1v) is 10.1. The van der Waals surface area contributed by atoms with Crippen molar-refractivity contribution in [2.24, 2.45) is 11.7 Å². The van der Waals surface area contributed by atoms with Crippen molar-refractivity contribution >= 4 is 0 Å². The normalized spacial score (nSPS) is 16.4. The lowest BCUT2D eigenvalue weighted by atomic mass is 9.86. The van der Waals surface area contributed by atoms with Crippen LogP contribution in [0.15, 0.2) is 18.2 Å². The Bertz CT molecular complexity index is 597. The minimum atomic E-state index is -4.51. The van der Waals surface area contributed by atoms with Gasteiger partial charge in [-0.2, -0.15) is 13.2 Å². The third kappa shape index (κ3) is 6.94. The second-order valence-corrected chi connectivity index (χ2v) is 8.00. The average Bonchev–Trinajstić information content (AvgIpc) is 2.70. The maximum Gasteiger partial charge on any atom is 0.419 e. The highest BCUT2D eigenvalue weighted by Gasteiger charge is 2.35. The number of aryl methyl sites for hydroxylation is 1. The summed E-state index contributed by atoms with van der Waals surface area (Å²) in [4.78, 5) is 0.